The van der Waals surface area contributed by atoms with E-state index in [4.69, 9.17) is 4.74 Å². The third-order valence-electron chi connectivity index (χ3n) is 2.89. The number of carbonyl (C=O) groups excluding carboxylic acids is 1. The molecule has 1 aromatic heterocycles. The van der Waals surface area contributed by atoms with E-state index in [0.717, 1.165) is 11.3 Å². The molecule has 0 saturated carbocycles. The lowest BCUT2D eigenvalue weighted by Crippen LogP contribution is -2.27. The van der Waals surface area contributed by atoms with Gasteiger partial charge in [0.05, 0.1) is 6.54 Å². The highest BCUT2D eigenvalue weighted by Crippen LogP contribution is 2.16. The molecule has 0 radical (unpaired) electrons. The molecule has 0 aliphatic rings. The van der Waals surface area contributed by atoms with E-state index < -0.39 is 6.10 Å². The second-order valence-electron chi connectivity index (χ2n) is 4.23. The van der Waals surface area contributed by atoms with Gasteiger partial charge in [0.25, 0.3) is 5.91 Å². The van der Waals surface area contributed by atoms with Crippen LogP contribution in [0.25, 0.3) is 0 Å². The topological polar surface area (TPSA) is 56.1 Å². The number of rotatable bonds is 5. The van der Waals surface area contributed by atoms with Gasteiger partial charge in [0.1, 0.15) is 6.10 Å². The van der Waals surface area contributed by atoms with Crippen LogP contribution in [0.2, 0.25) is 0 Å². The standard InChI is InChI=1S/C14H17N3O2/c1-11(19-2)14(18)16-13-7-4-3-6-12(13)10-17-9-5-8-15-17/h3-9,11H,10H2,1-2H3,(H,16,18). The lowest BCUT2D eigenvalue weighted by Gasteiger charge is -2.14. The molecule has 1 aromatic carbocycles. The average Bonchev–Trinajstić information content (AvgIpc) is 2.93. The van der Waals surface area contributed by atoms with Gasteiger partial charge in [-0.25, -0.2) is 0 Å². The fraction of sp³-hybridized carbons (Fsp3) is 0.286. The molecule has 1 atom stereocenters. The molecule has 0 spiro atoms. The average molecular weight is 259 g/mol. The van der Waals surface area contributed by atoms with Crippen molar-refractivity contribution in [2.75, 3.05) is 12.4 Å². The molecule has 19 heavy (non-hydrogen) atoms. The molecule has 0 fully saturated rings. The molecule has 2 rings (SSSR count). The first-order valence-corrected chi connectivity index (χ1v) is 6.09. The SMILES string of the molecule is COC(C)C(=O)Nc1ccccc1Cn1cccn1. The second-order valence-corrected chi connectivity index (χ2v) is 4.23. The number of anilines is 1. The predicted molar refractivity (Wildman–Crippen MR) is 72.9 cm³/mol. The molecule has 0 saturated heterocycles. The molecular weight excluding hydrogens is 242 g/mol. The number of ether oxygens (including phenoxy) is 1. The van der Waals surface area contributed by atoms with Crippen LogP contribution in [0.15, 0.2) is 42.7 Å². The van der Waals surface area contributed by atoms with Gasteiger partial charge in [0.2, 0.25) is 0 Å². The van der Waals surface area contributed by atoms with Crippen LogP contribution >= 0.6 is 0 Å². The van der Waals surface area contributed by atoms with Crippen LogP contribution in [0.4, 0.5) is 5.69 Å². The van der Waals surface area contributed by atoms with Gasteiger partial charge in [-0.1, -0.05) is 18.2 Å². The summed E-state index contributed by atoms with van der Waals surface area (Å²) in [5.74, 6) is -0.157. The van der Waals surface area contributed by atoms with Crippen LogP contribution in [-0.4, -0.2) is 28.9 Å². The molecule has 2 aromatic rings. The van der Waals surface area contributed by atoms with Gasteiger partial charge < -0.3 is 10.1 Å². The monoisotopic (exact) mass is 259 g/mol. The van der Waals surface area contributed by atoms with E-state index in [1.165, 1.54) is 7.11 Å². The molecule has 1 amide bonds. The first-order valence-electron chi connectivity index (χ1n) is 6.09. The van der Waals surface area contributed by atoms with Crippen LogP contribution in [0, 0.1) is 0 Å². The zero-order valence-electron chi connectivity index (χ0n) is 11.0. The molecule has 1 unspecified atom stereocenters. The number of aromatic nitrogens is 2. The van der Waals surface area contributed by atoms with Crippen LogP contribution in [0.1, 0.15) is 12.5 Å². The molecule has 0 aliphatic heterocycles. The van der Waals surface area contributed by atoms with E-state index in [1.807, 2.05) is 41.2 Å². The number of nitrogens with one attached hydrogen (secondary N) is 1. The summed E-state index contributed by atoms with van der Waals surface area (Å²) >= 11 is 0. The third-order valence-corrected chi connectivity index (χ3v) is 2.89. The molecule has 5 heteroatoms. The first-order chi connectivity index (χ1) is 9.20. The second kappa shape index (κ2) is 6.15. The molecule has 5 nitrogen and oxygen atoms in total. The fourth-order valence-corrected chi connectivity index (χ4v) is 1.69. The van der Waals surface area contributed by atoms with E-state index >= 15 is 0 Å². The third kappa shape index (κ3) is 3.42. The van der Waals surface area contributed by atoms with Gasteiger partial charge in [-0.3, -0.25) is 9.48 Å². The summed E-state index contributed by atoms with van der Waals surface area (Å²) in [5.41, 5.74) is 1.79. The molecule has 0 bridgehead atoms. The van der Waals surface area contributed by atoms with Gasteiger partial charge in [-0.2, -0.15) is 5.10 Å². The smallest absolute Gasteiger partial charge is 0.253 e. The fourth-order valence-electron chi connectivity index (χ4n) is 1.69. The molecule has 0 aliphatic carbocycles. The Labute approximate surface area is 112 Å². The number of hydrogen-bond acceptors (Lipinski definition) is 3. The Morgan fingerprint density at radius 1 is 1.42 bits per heavy atom. The van der Waals surface area contributed by atoms with E-state index in [9.17, 15) is 4.79 Å². The van der Waals surface area contributed by atoms with Crippen molar-refractivity contribution in [2.24, 2.45) is 0 Å². The van der Waals surface area contributed by atoms with Crippen molar-refractivity contribution < 1.29 is 9.53 Å². The van der Waals surface area contributed by atoms with Crippen LogP contribution < -0.4 is 5.32 Å². The van der Waals surface area contributed by atoms with Gasteiger partial charge in [0, 0.05) is 25.2 Å². The van der Waals surface area contributed by atoms with E-state index in [0.29, 0.717) is 6.54 Å². The Bertz CT molecular complexity index is 537. The van der Waals surface area contributed by atoms with Crippen molar-refractivity contribution in [3.8, 4) is 0 Å². The van der Waals surface area contributed by atoms with E-state index in [1.54, 1.807) is 13.1 Å². The Morgan fingerprint density at radius 2 is 2.21 bits per heavy atom. The maximum atomic E-state index is 11.8. The summed E-state index contributed by atoms with van der Waals surface area (Å²) in [6.45, 7) is 2.33. The summed E-state index contributed by atoms with van der Waals surface area (Å²) < 4.78 is 6.81. The highest BCUT2D eigenvalue weighted by molar-refractivity contribution is 5.94. The Balaban J connectivity index is 2.14. The van der Waals surface area contributed by atoms with Crippen molar-refractivity contribution in [2.45, 2.75) is 19.6 Å². The van der Waals surface area contributed by atoms with Crippen LogP contribution in [0.5, 0.6) is 0 Å². The van der Waals surface area contributed by atoms with Crippen molar-refractivity contribution >= 4 is 11.6 Å². The lowest BCUT2D eigenvalue weighted by atomic mass is 10.1. The van der Waals surface area contributed by atoms with E-state index in [-0.39, 0.29) is 5.91 Å². The van der Waals surface area contributed by atoms with Crippen molar-refractivity contribution in [1.29, 1.82) is 0 Å². The minimum atomic E-state index is -0.474. The number of carbonyl (C=O) groups is 1. The maximum absolute atomic E-state index is 11.8. The molecule has 1 N–H and O–H groups in total. The number of benzene rings is 1. The zero-order valence-corrected chi connectivity index (χ0v) is 11.0. The summed E-state index contributed by atoms with van der Waals surface area (Å²) in [6.07, 6.45) is 3.14. The van der Waals surface area contributed by atoms with Gasteiger partial charge in [-0.05, 0) is 24.6 Å². The predicted octanol–water partition coefficient (Wildman–Crippen LogP) is 1.90. The Hall–Kier alpha value is -2.14. The molecule has 100 valence electrons. The number of amides is 1. The minimum absolute atomic E-state index is 0.157. The Morgan fingerprint density at radius 3 is 2.89 bits per heavy atom. The highest BCUT2D eigenvalue weighted by Gasteiger charge is 2.13. The molecular formula is C14H17N3O2. The number of methoxy groups -OCH3 is 1. The van der Waals surface area contributed by atoms with Crippen molar-refractivity contribution in [1.82, 2.24) is 9.78 Å². The van der Waals surface area contributed by atoms with Crippen LogP contribution in [0.3, 0.4) is 0 Å². The first kappa shape index (κ1) is 13.3. The normalized spacial score (nSPS) is 12.1. The van der Waals surface area contributed by atoms with E-state index in [2.05, 4.69) is 10.4 Å². The molecule has 1 heterocycles. The zero-order chi connectivity index (χ0) is 13.7. The largest absolute Gasteiger partial charge is 0.372 e. The van der Waals surface area contributed by atoms with Crippen LogP contribution in [-0.2, 0) is 16.1 Å². The van der Waals surface area contributed by atoms with Gasteiger partial charge in [-0.15, -0.1) is 0 Å². The van der Waals surface area contributed by atoms with Crippen molar-refractivity contribution in [3.05, 3.63) is 48.3 Å². The number of hydrogen-bond donors (Lipinski definition) is 1. The summed E-state index contributed by atoms with van der Waals surface area (Å²) in [5, 5.41) is 7.03. The summed E-state index contributed by atoms with van der Waals surface area (Å²) in [4.78, 5) is 11.8. The quantitative estimate of drug-likeness (QED) is 0.892. The minimum Gasteiger partial charge on any atom is -0.372 e. The number of para-hydroxylation sites is 1. The lowest BCUT2D eigenvalue weighted by molar-refractivity contribution is -0.124. The maximum Gasteiger partial charge on any atom is 0.253 e. The van der Waals surface area contributed by atoms with Gasteiger partial charge >= 0.3 is 0 Å². The summed E-state index contributed by atoms with van der Waals surface area (Å²) in [7, 11) is 1.51. The Kier molecular flexibility index (Phi) is 4.30. The summed E-state index contributed by atoms with van der Waals surface area (Å²) in [6, 6.07) is 9.54. The number of nitrogens with zero attached hydrogens (tertiary/aromatic N) is 2. The van der Waals surface area contributed by atoms with Gasteiger partial charge in [0.15, 0.2) is 0 Å². The highest BCUT2D eigenvalue weighted by atomic mass is 16.5. The van der Waals surface area contributed by atoms with Crippen molar-refractivity contribution in [3.63, 3.8) is 0 Å².